The second-order valence-corrected chi connectivity index (χ2v) is 13.8. The van der Waals surface area contributed by atoms with Crippen LogP contribution in [-0.2, 0) is 4.74 Å². The summed E-state index contributed by atoms with van der Waals surface area (Å²) in [4.78, 5) is 0. The lowest BCUT2D eigenvalue weighted by Gasteiger charge is -2.43. The molecule has 4 heteroatoms. The summed E-state index contributed by atoms with van der Waals surface area (Å²) in [6, 6.07) is 3.38. The SMILES string of the molecule is C=CCCC1CCC(C2CCC(C3CCC(C4CCC(c5ccc(OCCC)c(F)c5F)CC4)CO3)CC2)CC1. The van der Waals surface area contributed by atoms with Crippen molar-refractivity contribution in [2.45, 2.75) is 128 Å². The molecule has 0 N–H and O–H groups in total. The molecule has 40 heavy (non-hydrogen) atoms. The van der Waals surface area contributed by atoms with E-state index in [1.165, 1.54) is 77.0 Å². The van der Waals surface area contributed by atoms with Crippen LogP contribution in [0.25, 0.3) is 0 Å². The van der Waals surface area contributed by atoms with Crippen molar-refractivity contribution in [2.24, 2.45) is 35.5 Å². The predicted molar refractivity (Wildman–Crippen MR) is 160 cm³/mol. The van der Waals surface area contributed by atoms with Gasteiger partial charge >= 0.3 is 0 Å². The maximum atomic E-state index is 14.9. The molecule has 5 rings (SSSR count). The Balaban J connectivity index is 1.01. The van der Waals surface area contributed by atoms with Gasteiger partial charge in [-0.3, -0.25) is 0 Å². The predicted octanol–water partition coefficient (Wildman–Crippen LogP) is 10.4. The standard InChI is InChI=1S/C36H54F2O2/c1-3-5-6-25-7-9-26(10-8-25)27-13-17-30(18-14-27)33-21-19-31(24-40-33)28-11-15-29(16-12-28)32-20-22-34(39-23-4-2)36(38)35(32)37/h3,20,22,25-31,33H,1,4-19,21,23-24H2,2H3. The highest BCUT2D eigenvalue weighted by Crippen LogP contribution is 2.46. The summed E-state index contributed by atoms with van der Waals surface area (Å²) in [5.41, 5.74) is 0.538. The Morgan fingerprint density at radius 1 is 0.775 bits per heavy atom. The molecular weight excluding hydrogens is 502 g/mol. The first-order valence-electron chi connectivity index (χ1n) is 16.9. The highest BCUT2D eigenvalue weighted by atomic mass is 19.2. The Morgan fingerprint density at radius 3 is 2.00 bits per heavy atom. The van der Waals surface area contributed by atoms with Crippen molar-refractivity contribution in [1.29, 1.82) is 0 Å². The zero-order chi connectivity index (χ0) is 27.9. The molecule has 2 atom stereocenters. The Kier molecular flexibility index (Phi) is 11.0. The Labute approximate surface area is 242 Å². The van der Waals surface area contributed by atoms with Gasteiger partial charge in [-0.25, -0.2) is 4.39 Å². The van der Waals surface area contributed by atoms with Crippen molar-refractivity contribution in [3.63, 3.8) is 0 Å². The quantitative estimate of drug-likeness (QED) is 0.267. The van der Waals surface area contributed by atoms with Gasteiger partial charge in [0.05, 0.1) is 19.3 Å². The van der Waals surface area contributed by atoms with E-state index in [0.717, 1.165) is 62.4 Å². The van der Waals surface area contributed by atoms with Crippen LogP contribution in [0.3, 0.4) is 0 Å². The van der Waals surface area contributed by atoms with Crippen molar-refractivity contribution in [2.75, 3.05) is 13.2 Å². The lowest BCUT2D eigenvalue weighted by atomic mass is 9.67. The molecule has 2 unspecified atom stereocenters. The molecular formula is C36H54F2O2. The van der Waals surface area contributed by atoms with E-state index >= 15 is 0 Å². The number of hydrogen-bond acceptors (Lipinski definition) is 2. The molecule has 2 nitrogen and oxygen atoms in total. The average Bonchev–Trinajstić information content (AvgIpc) is 3.01. The Hall–Kier alpha value is -1.42. The third-order valence-electron chi connectivity index (χ3n) is 11.4. The van der Waals surface area contributed by atoms with Gasteiger partial charge in [0.2, 0.25) is 5.82 Å². The molecule has 3 aliphatic carbocycles. The summed E-state index contributed by atoms with van der Waals surface area (Å²) in [6.07, 6.45) is 23.8. The van der Waals surface area contributed by atoms with Gasteiger partial charge in [0.1, 0.15) is 0 Å². The zero-order valence-corrected chi connectivity index (χ0v) is 25.1. The largest absolute Gasteiger partial charge is 0.490 e. The van der Waals surface area contributed by atoms with E-state index in [1.807, 2.05) is 6.92 Å². The molecule has 0 radical (unpaired) electrons. The van der Waals surface area contributed by atoms with Crippen molar-refractivity contribution < 1.29 is 18.3 Å². The third kappa shape index (κ3) is 7.31. The maximum absolute atomic E-state index is 14.9. The van der Waals surface area contributed by atoms with E-state index in [2.05, 4.69) is 12.7 Å². The van der Waals surface area contributed by atoms with Crippen molar-refractivity contribution in [3.05, 3.63) is 42.0 Å². The lowest BCUT2D eigenvalue weighted by Crippen LogP contribution is -2.37. The van der Waals surface area contributed by atoms with Crippen LogP contribution in [0.15, 0.2) is 24.8 Å². The molecule has 0 spiro atoms. The Morgan fingerprint density at radius 2 is 1.38 bits per heavy atom. The Bertz CT molecular complexity index is 915. The molecule has 0 amide bonds. The second-order valence-electron chi connectivity index (χ2n) is 13.8. The zero-order valence-electron chi connectivity index (χ0n) is 25.1. The van der Waals surface area contributed by atoms with Crippen molar-refractivity contribution in [1.82, 2.24) is 0 Å². The van der Waals surface area contributed by atoms with Gasteiger partial charge in [-0.15, -0.1) is 6.58 Å². The summed E-state index contributed by atoms with van der Waals surface area (Å²) >= 11 is 0. The first-order valence-corrected chi connectivity index (χ1v) is 16.9. The second kappa shape index (κ2) is 14.7. The molecule has 4 fully saturated rings. The molecule has 1 aromatic rings. The first-order chi connectivity index (χ1) is 19.6. The van der Waals surface area contributed by atoms with Gasteiger partial charge in [0, 0.05) is 0 Å². The number of benzene rings is 1. The summed E-state index contributed by atoms with van der Waals surface area (Å²) < 4.78 is 41.3. The molecule has 3 saturated carbocycles. The van der Waals surface area contributed by atoms with Crippen LogP contribution < -0.4 is 4.74 Å². The number of halogens is 2. The van der Waals surface area contributed by atoms with Crippen LogP contribution in [0.5, 0.6) is 5.75 Å². The minimum atomic E-state index is -0.819. The molecule has 4 aliphatic rings. The van der Waals surface area contributed by atoms with Gasteiger partial charge in [-0.05, 0) is 149 Å². The van der Waals surface area contributed by atoms with Gasteiger partial charge in [0.25, 0.3) is 0 Å². The van der Waals surface area contributed by atoms with E-state index in [4.69, 9.17) is 9.47 Å². The normalized spacial score (nSPS) is 35.3. The van der Waals surface area contributed by atoms with Crippen molar-refractivity contribution >= 4 is 0 Å². The fraction of sp³-hybridized carbons (Fsp3) is 0.778. The topological polar surface area (TPSA) is 18.5 Å². The van der Waals surface area contributed by atoms with Crippen LogP contribution in [0.4, 0.5) is 8.78 Å². The smallest absolute Gasteiger partial charge is 0.200 e. The van der Waals surface area contributed by atoms with E-state index in [1.54, 1.807) is 12.1 Å². The minimum absolute atomic E-state index is 0.0428. The molecule has 1 saturated heterocycles. The summed E-state index contributed by atoms with van der Waals surface area (Å²) in [6.45, 7) is 7.17. The van der Waals surface area contributed by atoms with Crippen molar-refractivity contribution in [3.8, 4) is 5.75 Å². The molecule has 1 aliphatic heterocycles. The monoisotopic (exact) mass is 556 g/mol. The number of ether oxygens (including phenoxy) is 2. The number of hydrogen-bond donors (Lipinski definition) is 0. The van der Waals surface area contributed by atoms with E-state index in [-0.39, 0.29) is 11.7 Å². The van der Waals surface area contributed by atoms with Crippen LogP contribution in [0.1, 0.15) is 128 Å². The first kappa shape index (κ1) is 30.1. The lowest BCUT2D eigenvalue weighted by molar-refractivity contribution is -0.0750. The third-order valence-corrected chi connectivity index (χ3v) is 11.4. The highest BCUT2D eigenvalue weighted by Gasteiger charge is 2.37. The fourth-order valence-corrected chi connectivity index (χ4v) is 8.91. The summed E-state index contributed by atoms with van der Waals surface area (Å²) in [5, 5.41) is 0. The number of rotatable bonds is 10. The van der Waals surface area contributed by atoms with Gasteiger partial charge in [0.15, 0.2) is 11.6 Å². The summed E-state index contributed by atoms with van der Waals surface area (Å²) in [7, 11) is 0. The van der Waals surface area contributed by atoms with E-state index in [9.17, 15) is 8.78 Å². The number of allylic oxidation sites excluding steroid dienone is 1. The van der Waals surface area contributed by atoms with Crippen LogP contribution in [0.2, 0.25) is 0 Å². The molecule has 1 aromatic carbocycles. The van der Waals surface area contributed by atoms with Gasteiger partial charge in [-0.2, -0.15) is 4.39 Å². The maximum Gasteiger partial charge on any atom is 0.200 e. The van der Waals surface area contributed by atoms with Crippen LogP contribution >= 0.6 is 0 Å². The van der Waals surface area contributed by atoms with E-state index in [0.29, 0.717) is 30.1 Å². The van der Waals surface area contributed by atoms with Gasteiger partial charge in [-0.1, -0.05) is 31.9 Å². The molecule has 0 aromatic heterocycles. The molecule has 224 valence electrons. The molecule has 0 bridgehead atoms. The van der Waals surface area contributed by atoms with E-state index < -0.39 is 11.6 Å². The minimum Gasteiger partial charge on any atom is -0.490 e. The molecule has 1 heterocycles. The van der Waals surface area contributed by atoms with Gasteiger partial charge < -0.3 is 9.47 Å². The average molecular weight is 557 g/mol. The summed E-state index contributed by atoms with van der Waals surface area (Å²) in [5.74, 6) is 3.58. The van der Waals surface area contributed by atoms with Crippen LogP contribution in [-0.4, -0.2) is 19.3 Å². The van der Waals surface area contributed by atoms with Crippen LogP contribution in [0, 0.1) is 47.1 Å². The highest BCUT2D eigenvalue weighted by molar-refractivity contribution is 5.33. The fourth-order valence-electron chi connectivity index (χ4n) is 8.91.